The van der Waals surface area contributed by atoms with E-state index in [1.165, 1.54) is 6.07 Å². The molecule has 2 aromatic carbocycles. The number of piperazine rings is 1. The van der Waals surface area contributed by atoms with Crippen LogP contribution in [0.15, 0.2) is 36.7 Å². The number of amides is 1. The number of hydrogen-bond donors (Lipinski definition) is 2. The minimum absolute atomic E-state index is 0.259. The number of anilines is 2. The number of halogens is 1. The zero-order valence-electron chi connectivity index (χ0n) is 23.4. The van der Waals surface area contributed by atoms with Crippen molar-refractivity contribution in [1.29, 1.82) is 0 Å². The lowest BCUT2D eigenvalue weighted by atomic mass is 10.0. The lowest BCUT2D eigenvalue weighted by molar-refractivity contribution is 0.102. The van der Waals surface area contributed by atoms with Crippen LogP contribution in [0, 0.1) is 19.7 Å². The third-order valence-corrected chi connectivity index (χ3v) is 7.54. The summed E-state index contributed by atoms with van der Waals surface area (Å²) in [6.45, 7) is 9.85. The number of rotatable bonds is 4. The van der Waals surface area contributed by atoms with Crippen molar-refractivity contribution < 1.29 is 9.18 Å². The van der Waals surface area contributed by atoms with E-state index in [4.69, 9.17) is 9.97 Å². The van der Waals surface area contributed by atoms with Crippen molar-refractivity contribution in [3.8, 4) is 11.4 Å². The molecule has 10 nitrogen and oxygen atoms in total. The Bertz CT molecular complexity index is 1780. The van der Waals surface area contributed by atoms with Gasteiger partial charge in [-0.2, -0.15) is 10.2 Å². The molecule has 0 radical (unpaired) electrons. The summed E-state index contributed by atoms with van der Waals surface area (Å²) >= 11 is 0. The molecular weight excluding hydrogens is 509 g/mol. The number of aromatic nitrogens is 6. The van der Waals surface area contributed by atoms with Gasteiger partial charge >= 0.3 is 0 Å². The molecule has 1 aliphatic heterocycles. The number of nitrogens with one attached hydrogen (secondary N) is 2. The molecule has 40 heavy (non-hydrogen) atoms. The number of nitrogens with zero attached hydrogens (tertiary/aromatic N) is 7. The van der Waals surface area contributed by atoms with Gasteiger partial charge in [-0.3, -0.25) is 14.2 Å². The van der Waals surface area contributed by atoms with Gasteiger partial charge in [0.1, 0.15) is 5.52 Å². The topological polar surface area (TPSA) is 106 Å². The van der Waals surface area contributed by atoms with Gasteiger partial charge in [0.25, 0.3) is 5.91 Å². The van der Waals surface area contributed by atoms with Gasteiger partial charge in [-0.1, -0.05) is 0 Å². The Morgan fingerprint density at radius 3 is 2.52 bits per heavy atom. The van der Waals surface area contributed by atoms with E-state index >= 15 is 0 Å². The first-order chi connectivity index (χ1) is 19.1. The van der Waals surface area contributed by atoms with Crippen LogP contribution in [0.4, 0.5) is 15.8 Å². The molecule has 5 aromatic rings. The molecule has 0 bridgehead atoms. The molecule has 11 heteroatoms. The van der Waals surface area contributed by atoms with Crippen LogP contribution in [-0.2, 0) is 14.1 Å². The molecule has 1 saturated heterocycles. The summed E-state index contributed by atoms with van der Waals surface area (Å²) in [5, 5.41) is 16.5. The number of carbonyl (C=O) groups excluding carboxylic acids is 1. The Hall–Kier alpha value is -4.38. The number of aryl methyl sites for hydroxylation is 3. The minimum atomic E-state index is -0.498. The molecule has 3 aromatic heterocycles. The van der Waals surface area contributed by atoms with Crippen LogP contribution in [-0.4, -0.2) is 60.6 Å². The van der Waals surface area contributed by atoms with Crippen molar-refractivity contribution in [2.45, 2.75) is 39.8 Å². The molecule has 0 unspecified atom stereocenters. The Morgan fingerprint density at radius 1 is 1.07 bits per heavy atom. The molecule has 4 heterocycles. The Kier molecular flexibility index (Phi) is 6.25. The van der Waals surface area contributed by atoms with E-state index in [0.717, 1.165) is 41.1 Å². The molecule has 6 rings (SSSR count). The van der Waals surface area contributed by atoms with E-state index in [0.29, 0.717) is 40.1 Å². The molecule has 2 atom stereocenters. The average Bonchev–Trinajstić information content (AvgIpc) is 3.39. The molecule has 0 saturated carbocycles. The van der Waals surface area contributed by atoms with E-state index in [2.05, 4.69) is 39.6 Å². The summed E-state index contributed by atoms with van der Waals surface area (Å²) in [6, 6.07) is 7.36. The SMILES string of the molecule is Cc1nn(C)c(C)c1-c1ncc2c(N3C[C@@H](C)N[C@H](C)C3)ccc(C(=O)Nc3cc(F)c4nn(C)cc4c3)c2n1. The van der Waals surface area contributed by atoms with E-state index in [9.17, 15) is 9.18 Å². The standard InChI is InChI=1S/C29H32FN9O/c1-15-12-39(13-16(2)32-15)24-8-7-21(29(40)33-20-9-19-14-37(5)36-26(19)23(30)10-20)27-22(24)11-31-28(34-27)25-17(3)35-38(6)18(25)4/h7-11,14-16,32H,12-13H2,1-6H3,(H,33,40)/t15-,16-/m1/s1. The maximum Gasteiger partial charge on any atom is 0.257 e. The van der Waals surface area contributed by atoms with Crippen molar-refractivity contribution in [3.05, 3.63) is 59.4 Å². The molecule has 0 spiro atoms. The van der Waals surface area contributed by atoms with Crippen LogP contribution in [0.25, 0.3) is 33.2 Å². The van der Waals surface area contributed by atoms with Crippen LogP contribution in [0.1, 0.15) is 35.6 Å². The van der Waals surface area contributed by atoms with Crippen molar-refractivity contribution in [3.63, 3.8) is 0 Å². The fraction of sp³-hybridized carbons (Fsp3) is 0.345. The second-order valence-corrected chi connectivity index (χ2v) is 10.8. The van der Waals surface area contributed by atoms with Gasteiger partial charge in [0.2, 0.25) is 0 Å². The van der Waals surface area contributed by atoms with E-state index in [1.807, 2.05) is 27.0 Å². The second-order valence-electron chi connectivity index (χ2n) is 10.8. The predicted molar refractivity (Wildman–Crippen MR) is 154 cm³/mol. The number of fused-ring (bicyclic) bond motifs is 2. The Labute approximate surface area is 231 Å². The second kappa shape index (κ2) is 9.67. The quantitative estimate of drug-likeness (QED) is 0.353. The highest BCUT2D eigenvalue weighted by molar-refractivity contribution is 6.14. The average molecular weight is 542 g/mol. The maximum absolute atomic E-state index is 14.7. The van der Waals surface area contributed by atoms with Crippen LogP contribution in [0.3, 0.4) is 0 Å². The monoisotopic (exact) mass is 541 g/mol. The zero-order chi connectivity index (χ0) is 28.3. The first kappa shape index (κ1) is 25.9. The molecule has 0 aliphatic carbocycles. The number of carbonyl (C=O) groups is 1. The lowest BCUT2D eigenvalue weighted by Crippen LogP contribution is -2.54. The summed E-state index contributed by atoms with van der Waals surface area (Å²) in [4.78, 5) is 25.7. The van der Waals surface area contributed by atoms with Crippen LogP contribution < -0.4 is 15.5 Å². The highest BCUT2D eigenvalue weighted by Crippen LogP contribution is 2.33. The smallest absolute Gasteiger partial charge is 0.257 e. The van der Waals surface area contributed by atoms with Crippen molar-refractivity contribution >= 4 is 39.1 Å². The number of hydrogen-bond acceptors (Lipinski definition) is 7. The first-order valence-electron chi connectivity index (χ1n) is 13.3. The summed E-state index contributed by atoms with van der Waals surface area (Å²) < 4.78 is 18.1. The van der Waals surface area contributed by atoms with Crippen molar-refractivity contribution in [2.24, 2.45) is 14.1 Å². The highest BCUT2D eigenvalue weighted by Gasteiger charge is 2.25. The lowest BCUT2D eigenvalue weighted by Gasteiger charge is -2.38. The normalized spacial score (nSPS) is 17.6. The predicted octanol–water partition coefficient (Wildman–Crippen LogP) is 4.11. The zero-order valence-corrected chi connectivity index (χ0v) is 23.4. The van der Waals surface area contributed by atoms with E-state index in [-0.39, 0.29) is 11.4 Å². The van der Waals surface area contributed by atoms with Gasteiger partial charge in [-0.15, -0.1) is 0 Å². The maximum atomic E-state index is 14.7. The van der Waals surface area contributed by atoms with Gasteiger partial charge in [0, 0.05) is 79.5 Å². The van der Waals surface area contributed by atoms with Crippen molar-refractivity contribution in [1.82, 2.24) is 34.8 Å². The van der Waals surface area contributed by atoms with E-state index in [1.54, 1.807) is 40.9 Å². The molecular formula is C29H32FN9O. The van der Waals surface area contributed by atoms with Crippen LogP contribution in [0.2, 0.25) is 0 Å². The first-order valence-corrected chi connectivity index (χ1v) is 13.3. The third kappa shape index (κ3) is 4.45. The van der Waals surface area contributed by atoms with Crippen LogP contribution in [0.5, 0.6) is 0 Å². The number of benzene rings is 2. The highest BCUT2D eigenvalue weighted by atomic mass is 19.1. The van der Waals surface area contributed by atoms with Gasteiger partial charge in [0.15, 0.2) is 11.6 Å². The van der Waals surface area contributed by atoms with Gasteiger partial charge < -0.3 is 15.5 Å². The van der Waals surface area contributed by atoms with E-state index < -0.39 is 5.82 Å². The Balaban J connectivity index is 1.47. The summed E-state index contributed by atoms with van der Waals surface area (Å²) in [6.07, 6.45) is 3.51. The van der Waals surface area contributed by atoms with Crippen molar-refractivity contribution in [2.75, 3.05) is 23.3 Å². The summed E-state index contributed by atoms with van der Waals surface area (Å²) in [7, 11) is 3.61. The minimum Gasteiger partial charge on any atom is -0.368 e. The van der Waals surface area contributed by atoms with Gasteiger partial charge in [0.05, 0.1) is 22.3 Å². The molecule has 1 fully saturated rings. The van der Waals surface area contributed by atoms with Crippen LogP contribution >= 0.6 is 0 Å². The largest absolute Gasteiger partial charge is 0.368 e. The van der Waals surface area contributed by atoms with Gasteiger partial charge in [-0.05, 0) is 52.0 Å². The summed E-state index contributed by atoms with van der Waals surface area (Å²) in [5.74, 6) is -0.375. The molecule has 1 amide bonds. The molecule has 2 N–H and O–H groups in total. The van der Waals surface area contributed by atoms with Gasteiger partial charge in [-0.25, -0.2) is 14.4 Å². The fourth-order valence-corrected chi connectivity index (χ4v) is 5.79. The fourth-order valence-electron chi connectivity index (χ4n) is 5.79. The third-order valence-electron chi connectivity index (χ3n) is 7.54. The molecule has 206 valence electrons. The Morgan fingerprint density at radius 2 is 1.82 bits per heavy atom. The summed E-state index contributed by atoms with van der Waals surface area (Å²) in [5.41, 5.74) is 5.08. The molecule has 1 aliphatic rings.